The van der Waals surface area contributed by atoms with Crippen LogP contribution < -0.4 is 0 Å². The zero-order valence-corrected chi connectivity index (χ0v) is 21.7. The van der Waals surface area contributed by atoms with Gasteiger partial charge in [-0.05, 0) is 128 Å². The normalized spacial score (nSPS) is 57.9. The molecule has 10 atom stereocenters. The number of allylic oxidation sites excluding steroid dienone is 1. The van der Waals surface area contributed by atoms with E-state index in [1.54, 1.807) is 0 Å². The van der Waals surface area contributed by atoms with Gasteiger partial charge in [0.05, 0.1) is 6.10 Å². The van der Waals surface area contributed by atoms with Crippen molar-refractivity contribution in [1.29, 1.82) is 0 Å². The SMILES string of the molecule is C=C(C)[C@@H]1CC[C@]2(C)CC[C@]3(C)[C@@H](CC[C@@H]4[C@]5(C)CC[C@@H](O)C(C)(C)[C@@H]5CC[C@]43C)[C@@H]12. The van der Waals surface area contributed by atoms with Gasteiger partial charge in [-0.25, -0.2) is 0 Å². The van der Waals surface area contributed by atoms with E-state index in [9.17, 15) is 5.11 Å². The average Bonchev–Trinajstić information content (AvgIpc) is 3.04. The zero-order chi connectivity index (χ0) is 22.6. The summed E-state index contributed by atoms with van der Waals surface area (Å²) in [7, 11) is 0. The van der Waals surface area contributed by atoms with Gasteiger partial charge < -0.3 is 5.11 Å². The summed E-state index contributed by atoms with van der Waals surface area (Å²) >= 11 is 0. The number of rotatable bonds is 1. The Balaban J connectivity index is 1.54. The highest BCUT2D eigenvalue weighted by atomic mass is 16.3. The number of aliphatic hydroxyl groups excluding tert-OH is 1. The molecule has 31 heavy (non-hydrogen) atoms. The maximum Gasteiger partial charge on any atom is 0.0594 e. The van der Waals surface area contributed by atoms with E-state index in [1.807, 2.05) is 0 Å². The maximum absolute atomic E-state index is 10.9. The molecule has 0 aromatic carbocycles. The minimum atomic E-state index is -0.118. The van der Waals surface area contributed by atoms with Crippen molar-refractivity contribution in [3.8, 4) is 0 Å². The largest absolute Gasteiger partial charge is 0.393 e. The fourth-order valence-electron chi connectivity index (χ4n) is 11.5. The Morgan fingerprint density at radius 3 is 2.13 bits per heavy atom. The average molecular weight is 427 g/mol. The summed E-state index contributed by atoms with van der Waals surface area (Å²) in [4.78, 5) is 0. The van der Waals surface area contributed by atoms with Crippen LogP contribution in [0.4, 0.5) is 0 Å². The van der Waals surface area contributed by atoms with Crippen molar-refractivity contribution in [3.63, 3.8) is 0 Å². The molecular formula is C30H50O. The lowest BCUT2D eigenvalue weighted by molar-refractivity contribution is -0.246. The molecule has 1 N–H and O–H groups in total. The molecule has 0 spiro atoms. The quantitative estimate of drug-likeness (QED) is 0.421. The van der Waals surface area contributed by atoms with E-state index >= 15 is 0 Å². The molecule has 1 nitrogen and oxygen atoms in total. The molecule has 0 saturated heterocycles. The van der Waals surface area contributed by atoms with E-state index in [2.05, 4.69) is 55.0 Å². The van der Waals surface area contributed by atoms with Crippen molar-refractivity contribution >= 4 is 0 Å². The van der Waals surface area contributed by atoms with Gasteiger partial charge in [-0.15, -0.1) is 0 Å². The van der Waals surface area contributed by atoms with Gasteiger partial charge in [0.25, 0.3) is 0 Å². The first-order chi connectivity index (χ1) is 14.3. The Bertz CT molecular complexity index is 766. The molecule has 5 fully saturated rings. The molecular weight excluding hydrogens is 376 g/mol. The summed E-state index contributed by atoms with van der Waals surface area (Å²) < 4.78 is 0. The monoisotopic (exact) mass is 426 g/mol. The second-order valence-electron chi connectivity index (χ2n) is 14.7. The Labute approximate surface area is 192 Å². The molecule has 0 bridgehead atoms. The molecule has 0 aromatic rings. The highest BCUT2D eigenvalue weighted by Crippen LogP contribution is 2.77. The molecule has 176 valence electrons. The van der Waals surface area contributed by atoms with Crippen molar-refractivity contribution in [2.75, 3.05) is 0 Å². The molecule has 0 radical (unpaired) electrons. The van der Waals surface area contributed by atoms with Crippen LogP contribution in [-0.2, 0) is 0 Å². The zero-order valence-electron chi connectivity index (χ0n) is 21.7. The maximum atomic E-state index is 10.9. The Morgan fingerprint density at radius 1 is 0.742 bits per heavy atom. The van der Waals surface area contributed by atoms with Crippen LogP contribution in [0.1, 0.15) is 113 Å². The van der Waals surface area contributed by atoms with Crippen molar-refractivity contribution < 1.29 is 5.11 Å². The van der Waals surface area contributed by atoms with E-state index in [-0.39, 0.29) is 11.5 Å². The second kappa shape index (κ2) is 6.64. The van der Waals surface area contributed by atoms with Crippen molar-refractivity contribution in [3.05, 3.63) is 12.2 Å². The van der Waals surface area contributed by atoms with Crippen molar-refractivity contribution in [1.82, 2.24) is 0 Å². The van der Waals surface area contributed by atoms with Gasteiger partial charge in [-0.3, -0.25) is 0 Å². The van der Waals surface area contributed by atoms with Crippen LogP contribution in [0.5, 0.6) is 0 Å². The Morgan fingerprint density at radius 2 is 1.45 bits per heavy atom. The summed E-state index contributed by atoms with van der Waals surface area (Å²) in [6, 6.07) is 0. The van der Waals surface area contributed by atoms with Crippen LogP contribution in [0.15, 0.2) is 12.2 Å². The number of hydrogen-bond donors (Lipinski definition) is 1. The van der Waals surface area contributed by atoms with Gasteiger partial charge in [0, 0.05) is 0 Å². The lowest BCUT2D eigenvalue weighted by Crippen LogP contribution is -2.66. The van der Waals surface area contributed by atoms with Crippen LogP contribution in [0.2, 0.25) is 0 Å². The lowest BCUT2D eigenvalue weighted by atomic mass is 9.32. The molecule has 0 heterocycles. The van der Waals surface area contributed by atoms with E-state index < -0.39 is 0 Å². The standard InChI is InChI=1S/C30H50O/c1-19(2)20-11-14-27(5)17-18-29(7)21(25(20)27)9-10-23-28(6)15-13-24(31)26(3,4)22(28)12-16-30(23,29)8/h20-25,31H,1,9-18H2,2-8H3/t20-,21-,22-,23+,24+,25+,27+,28+,29+,30+/m0/s1. The highest BCUT2D eigenvalue weighted by Gasteiger charge is 2.70. The molecule has 5 rings (SSSR count). The molecule has 5 aliphatic carbocycles. The summed E-state index contributed by atoms with van der Waals surface area (Å²) in [6.45, 7) is 22.3. The summed E-state index contributed by atoms with van der Waals surface area (Å²) in [5.41, 5.74) is 3.38. The van der Waals surface area contributed by atoms with E-state index in [4.69, 9.17) is 0 Å². The first kappa shape index (κ1) is 22.5. The third kappa shape index (κ3) is 2.65. The number of fused-ring (bicyclic) bond motifs is 7. The van der Waals surface area contributed by atoms with E-state index in [0.717, 1.165) is 30.1 Å². The highest BCUT2D eigenvalue weighted by molar-refractivity contribution is 5.21. The van der Waals surface area contributed by atoms with Gasteiger partial charge in [-0.1, -0.05) is 53.7 Å². The van der Waals surface area contributed by atoms with Gasteiger partial charge in [0.1, 0.15) is 0 Å². The van der Waals surface area contributed by atoms with Crippen LogP contribution in [0.25, 0.3) is 0 Å². The van der Waals surface area contributed by atoms with Crippen LogP contribution in [0, 0.1) is 56.7 Å². The van der Waals surface area contributed by atoms with Crippen LogP contribution in [-0.4, -0.2) is 11.2 Å². The summed E-state index contributed by atoms with van der Waals surface area (Å²) in [5, 5.41) is 10.9. The summed E-state index contributed by atoms with van der Waals surface area (Å²) in [5.74, 6) is 3.98. The fraction of sp³-hybridized carbons (Fsp3) is 0.933. The Kier molecular flexibility index (Phi) is 4.82. The van der Waals surface area contributed by atoms with E-state index in [0.29, 0.717) is 27.6 Å². The first-order valence-corrected chi connectivity index (χ1v) is 13.6. The summed E-state index contributed by atoms with van der Waals surface area (Å²) in [6.07, 6.45) is 13.4. The van der Waals surface area contributed by atoms with Gasteiger partial charge in [0.2, 0.25) is 0 Å². The number of aliphatic hydroxyl groups is 1. The predicted molar refractivity (Wildman–Crippen MR) is 131 cm³/mol. The fourth-order valence-corrected chi connectivity index (χ4v) is 11.5. The number of hydrogen-bond acceptors (Lipinski definition) is 1. The lowest BCUT2D eigenvalue weighted by Gasteiger charge is -2.73. The van der Waals surface area contributed by atoms with Crippen LogP contribution >= 0.6 is 0 Å². The predicted octanol–water partition coefficient (Wildman–Crippen LogP) is 8.02. The minimum Gasteiger partial charge on any atom is -0.393 e. The third-order valence-electron chi connectivity index (χ3n) is 13.5. The molecule has 0 aliphatic heterocycles. The van der Waals surface area contributed by atoms with Crippen molar-refractivity contribution in [2.45, 2.75) is 119 Å². The third-order valence-corrected chi connectivity index (χ3v) is 13.5. The molecule has 5 saturated carbocycles. The molecule has 0 aromatic heterocycles. The Hall–Kier alpha value is -0.300. The minimum absolute atomic E-state index is 0.0632. The molecule has 0 amide bonds. The first-order valence-electron chi connectivity index (χ1n) is 13.6. The molecule has 0 unspecified atom stereocenters. The smallest absolute Gasteiger partial charge is 0.0594 e. The van der Waals surface area contributed by atoms with Gasteiger partial charge in [0.15, 0.2) is 0 Å². The van der Waals surface area contributed by atoms with Crippen LogP contribution in [0.3, 0.4) is 0 Å². The second-order valence-corrected chi connectivity index (χ2v) is 14.7. The van der Waals surface area contributed by atoms with Gasteiger partial charge >= 0.3 is 0 Å². The topological polar surface area (TPSA) is 20.2 Å². The van der Waals surface area contributed by atoms with E-state index in [1.165, 1.54) is 63.4 Å². The molecule has 5 aliphatic rings. The van der Waals surface area contributed by atoms with Crippen molar-refractivity contribution in [2.24, 2.45) is 56.7 Å². The molecule has 1 heteroatoms. The van der Waals surface area contributed by atoms with Gasteiger partial charge in [-0.2, -0.15) is 0 Å².